The molecule has 156 valence electrons. The fraction of sp³-hybridized carbons (Fsp3) is 0.409. The van der Waals surface area contributed by atoms with Crippen LogP contribution in [0.2, 0.25) is 0 Å². The molecule has 1 unspecified atom stereocenters. The first-order chi connectivity index (χ1) is 13.8. The van der Waals surface area contributed by atoms with Crippen molar-refractivity contribution in [2.45, 2.75) is 37.5 Å². The van der Waals surface area contributed by atoms with E-state index in [1.807, 2.05) is 42.2 Å². The van der Waals surface area contributed by atoms with Crippen LogP contribution >= 0.6 is 0 Å². The number of nitrogens with one attached hydrogen (secondary N) is 1. The summed E-state index contributed by atoms with van der Waals surface area (Å²) in [6.45, 7) is 5.07. The van der Waals surface area contributed by atoms with E-state index >= 15 is 0 Å². The molecule has 29 heavy (non-hydrogen) atoms. The lowest BCUT2D eigenvalue weighted by Crippen LogP contribution is -2.33. The van der Waals surface area contributed by atoms with Gasteiger partial charge in [-0.2, -0.15) is 0 Å². The highest BCUT2D eigenvalue weighted by Crippen LogP contribution is 2.28. The van der Waals surface area contributed by atoms with Crippen LogP contribution in [0.3, 0.4) is 0 Å². The predicted octanol–water partition coefficient (Wildman–Crippen LogP) is 3.00. The van der Waals surface area contributed by atoms with Gasteiger partial charge in [0.2, 0.25) is 15.9 Å². The summed E-state index contributed by atoms with van der Waals surface area (Å²) < 4.78 is 32.9. The van der Waals surface area contributed by atoms with Crippen LogP contribution in [0.5, 0.6) is 5.75 Å². The lowest BCUT2D eigenvalue weighted by Gasteiger charge is -2.17. The van der Waals surface area contributed by atoms with E-state index in [0.29, 0.717) is 24.6 Å². The van der Waals surface area contributed by atoms with E-state index in [1.54, 1.807) is 26.2 Å². The Morgan fingerprint density at radius 3 is 2.59 bits per heavy atom. The summed E-state index contributed by atoms with van der Waals surface area (Å²) >= 11 is 0. The smallest absolute Gasteiger partial charge is 0.240 e. The molecule has 0 aromatic heterocycles. The Bertz CT molecular complexity index is 971. The number of aryl methyl sites for hydroxylation is 2. The van der Waals surface area contributed by atoms with Gasteiger partial charge in [0.1, 0.15) is 5.75 Å². The van der Waals surface area contributed by atoms with E-state index in [9.17, 15) is 13.2 Å². The van der Waals surface area contributed by atoms with E-state index in [4.69, 9.17) is 4.74 Å². The topological polar surface area (TPSA) is 75.7 Å². The summed E-state index contributed by atoms with van der Waals surface area (Å²) in [6.07, 6.45) is 1.06. The van der Waals surface area contributed by atoms with Gasteiger partial charge in [-0.1, -0.05) is 24.3 Å². The van der Waals surface area contributed by atoms with Crippen molar-refractivity contribution < 1.29 is 17.9 Å². The van der Waals surface area contributed by atoms with Crippen molar-refractivity contribution in [1.29, 1.82) is 0 Å². The van der Waals surface area contributed by atoms with Crippen LogP contribution in [0.1, 0.15) is 35.4 Å². The molecule has 1 N–H and O–H groups in total. The molecule has 0 aliphatic carbocycles. The molecule has 0 radical (unpaired) electrons. The highest BCUT2D eigenvalue weighted by molar-refractivity contribution is 7.89. The Morgan fingerprint density at radius 2 is 1.90 bits per heavy atom. The molecule has 2 aromatic rings. The number of likely N-dealkylation sites (tertiary alicyclic amines) is 1. The fourth-order valence-electron chi connectivity index (χ4n) is 3.66. The van der Waals surface area contributed by atoms with Gasteiger partial charge in [0.05, 0.1) is 12.0 Å². The summed E-state index contributed by atoms with van der Waals surface area (Å²) in [5.74, 6) is 1.09. The molecule has 0 spiro atoms. The Morgan fingerprint density at radius 1 is 1.17 bits per heavy atom. The van der Waals surface area contributed by atoms with Crippen molar-refractivity contribution in [2.75, 3.05) is 26.7 Å². The molecular weight excluding hydrogens is 388 g/mol. The van der Waals surface area contributed by atoms with Crippen molar-refractivity contribution in [3.63, 3.8) is 0 Å². The van der Waals surface area contributed by atoms with Crippen molar-refractivity contribution in [2.24, 2.45) is 0 Å². The predicted molar refractivity (Wildman–Crippen MR) is 113 cm³/mol. The average molecular weight is 417 g/mol. The summed E-state index contributed by atoms with van der Waals surface area (Å²) in [6, 6.07) is 13.3. The van der Waals surface area contributed by atoms with E-state index in [1.165, 1.54) is 5.56 Å². The third-order valence-corrected chi connectivity index (χ3v) is 7.00. The molecule has 3 rings (SSSR count). The molecule has 1 aliphatic heterocycles. The first kappa shape index (κ1) is 21.3. The van der Waals surface area contributed by atoms with Gasteiger partial charge < -0.3 is 9.64 Å². The number of hydrogen-bond donors (Lipinski definition) is 1. The standard InChI is InChI=1S/C22H28N2O4S/c1-16-4-5-17(2)21(14-16)29(26,27)23-12-10-22(25)24-13-11-19(15-24)18-6-8-20(28-3)9-7-18/h4-9,14,19,23H,10-13,15H2,1-3H3. The van der Waals surface area contributed by atoms with Gasteiger partial charge >= 0.3 is 0 Å². The van der Waals surface area contributed by atoms with Crippen LogP contribution in [0.4, 0.5) is 0 Å². The Hall–Kier alpha value is -2.38. The largest absolute Gasteiger partial charge is 0.497 e. The second-order valence-electron chi connectivity index (χ2n) is 7.52. The third-order valence-electron chi connectivity index (χ3n) is 5.39. The number of amides is 1. The van der Waals surface area contributed by atoms with E-state index < -0.39 is 10.0 Å². The van der Waals surface area contributed by atoms with Gasteiger partial charge in [0.25, 0.3) is 0 Å². The number of methoxy groups -OCH3 is 1. The quantitative estimate of drug-likeness (QED) is 0.753. The summed E-state index contributed by atoms with van der Waals surface area (Å²) in [7, 11) is -1.99. The Kier molecular flexibility index (Phi) is 6.59. The summed E-state index contributed by atoms with van der Waals surface area (Å²) in [4.78, 5) is 14.6. The van der Waals surface area contributed by atoms with Crippen LogP contribution in [0.15, 0.2) is 47.4 Å². The van der Waals surface area contributed by atoms with E-state index in [2.05, 4.69) is 4.72 Å². The van der Waals surface area contributed by atoms with E-state index in [-0.39, 0.29) is 23.8 Å². The van der Waals surface area contributed by atoms with Gasteiger partial charge in [0.15, 0.2) is 0 Å². The molecule has 1 amide bonds. The van der Waals surface area contributed by atoms with Crippen molar-refractivity contribution in [3.05, 3.63) is 59.2 Å². The minimum Gasteiger partial charge on any atom is -0.497 e. The van der Waals surface area contributed by atoms with Gasteiger partial charge in [-0.05, 0) is 55.2 Å². The van der Waals surface area contributed by atoms with Gasteiger partial charge in [-0.15, -0.1) is 0 Å². The molecule has 6 nitrogen and oxygen atoms in total. The highest BCUT2D eigenvalue weighted by Gasteiger charge is 2.27. The fourth-order valence-corrected chi connectivity index (χ4v) is 5.02. The molecule has 0 saturated carbocycles. The minimum atomic E-state index is -3.63. The maximum absolute atomic E-state index is 12.6. The molecule has 1 fully saturated rings. The maximum Gasteiger partial charge on any atom is 0.240 e. The zero-order chi connectivity index (χ0) is 21.0. The Balaban J connectivity index is 1.52. The molecule has 7 heteroatoms. The Labute approximate surface area is 172 Å². The van der Waals surface area contributed by atoms with Crippen LogP contribution in [-0.2, 0) is 14.8 Å². The van der Waals surface area contributed by atoms with Gasteiger partial charge in [-0.25, -0.2) is 13.1 Å². The number of benzene rings is 2. The van der Waals surface area contributed by atoms with Crippen LogP contribution < -0.4 is 9.46 Å². The SMILES string of the molecule is COc1ccc(C2CCN(C(=O)CCNS(=O)(=O)c3cc(C)ccc3C)C2)cc1. The number of carbonyl (C=O) groups excluding carboxylic acids is 1. The zero-order valence-corrected chi connectivity index (χ0v) is 18.0. The van der Waals surface area contributed by atoms with Crippen LogP contribution in [0.25, 0.3) is 0 Å². The molecule has 1 heterocycles. The molecule has 1 saturated heterocycles. The molecule has 2 aromatic carbocycles. The van der Waals surface area contributed by atoms with Crippen LogP contribution in [0, 0.1) is 13.8 Å². The van der Waals surface area contributed by atoms with Gasteiger partial charge in [-0.3, -0.25) is 4.79 Å². The number of hydrogen-bond acceptors (Lipinski definition) is 4. The summed E-state index contributed by atoms with van der Waals surface area (Å²) in [5, 5.41) is 0. The second kappa shape index (κ2) is 8.97. The summed E-state index contributed by atoms with van der Waals surface area (Å²) in [5.41, 5.74) is 2.77. The third kappa shape index (κ3) is 5.16. The zero-order valence-electron chi connectivity index (χ0n) is 17.1. The first-order valence-electron chi connectivity index (χ1n) is 9.79. The minimum absolute atomic E-state index is 0.0234. The number of sulfonamides is 1. The monoisotopic (exact) mass is 416 g/mol. The first-order valence-corrected chi connectivity index (χ1v) is 11.3. The maximum atomic E-state index is 12.6. The normalized spacial score (nSPS) is 16.8. The molecule has 1 atom stereocenters. The number of rotatable bonds is 7. The lowest BCUT2D eigenvalue weighted by atomic mass is 9.98. The van der Waals surface area contributed by atoms with Crippen molar-refractivity contribution >= 4 is 15.9 Å². The van der Waals surface area contributed by atoms with Crippen molar-refractivity contribution in [1.82, 2.24) is 9.62 Å². The lowest BCUT2D eigenvalue weighted by molar-refractivity contribution is -0.130. The molecule has 0 bridgehead atoms. The highest BCUT2D eigenvalue weighted by atomic mass is 32.2. The van der Waals surface area contributed by atoms with Crippen LogP contribution in [-0.4, -0.2) is 46.0 Å². The number of carbonyl (C=O) groups is 1. The molecular formula is C22H28N2O4S. The number of ether oxygens (including phenoxy) is 1. The van der Waals surface area contributed by atoms with Gasteiger partial charge in [0, 0.05) is 32.0 Å². The average Bonchev–Trinajstić information content (AvgIpc) is 3.20. The van der Waals surface area contributed by atoms with Crippen molar-refractivity contribution in [3.8, 4) is 5.75 Å². The second-order valence-corrected chi connectivity index (χ2v) is 9.25. The molecule has 1 aliphatic rings. The van der Waals surface area contributed by atoms with E-state index in [0.717, 1.165) is 17.7 Å². The number of nitrogens with zero attached hydrogens (tertiary/aromatic N) is 1.